The highest BCUT2D eigenvalue weighted by Crippen LogP contribution is 2.36. The third-order valence-electron chi connectivity index (χ3n) is 5.27. The zero-order chi connectivity index (χ0) is 21.5. The van der Waals surface area contributed by atoms with Gasteiger partial charge in [-0.1, -0.05) is 24.3 Å². The lowest BCUT2D eigenvalue weighted by Crippen LogP contribution is -2.26. The molecule has 1 heterocycles. The van der Waals surface area contributed by atoms with Gasteiger partial charge in [-0.05, 0) is 48.5 Å². The van der Waals surface area contributed by atoms with Crippen LogP contribution in [0.25, 0.3) is 11.1 Å². The minimum Gasteiger partial charge on any atom is -0.340 e. The van der Waals surface area contributed by atoms with E-state index in [-0.39, 0.29) is 4.90 Å². The zero-order valence-corrected chi connectivity index (χ0v) is 17.6. The van der Waals surface area contributed by atoms with E-state index in [9.17, 15) is 17.2 Å². The highest BCUT2D eigenvalue weighted by atomic mass is 32.2. The monoisotopic (exact) mass is 428 g/mol. The summed E-state index contributed by atoms with van der Waals surface area (Å²) < 4.78 is 52.2. The van der Waals surface area contributed by atoms with Gasteiger partial charge in [0.05, 0.1) is 4.90 Å². The SMILES string of the molecule is CN1CCN(c2cc(F)cc(F)c2)c2ccc(-c3ccccc3S(C)(=O)=O)cc2C1. The molecule has 0 saturated carbocycles. The number of nitrogens with zero attached hydrogens (tertiary/aromatic N) is 2. The van der Waals surface area contributed by atoms with Crippen molar-refractivity contribution in [3.8, 4) is 11.1 Å². The quantitative estimate of drug-likeness (QED) is 0.611. The fourth-order valence-corrected chi connectivity index (χ4v) is 4.81. The van der Waals surface area contributed by atoms with E-state index in [0.717, 1.165) is 22.9 Å². The van der Waals surface area contributed by atoms with Crippen LogP contribution in [0, 0.1) is 11.6 Å². The summed E-state index contributed by atoms with van der Waals surface area (Å²) in [5.41, 5.74) is 3.69. The molecule has 0 aliphatic carbocycles. The molecule has 156 valence electrons. The van der Waals surface area contributed by atoms with Gasteiger partial charge in [-0.2, -0.15) is 0 Å². The van der Waals surface area contributed by atoms with Crippen LogP contribution in [0.15, 0.2) is 65.6 Å². The Hall–Kier alpha value is -2.77. The van der Waals surface area contributed by atoms with Gasteiger partial charge in [0.1, 0.15) is 11.6 Å². The van der Waals surface area contributed by atoms with E-state index in [1.165, 1.54) is 18.4 Å². The minimum atomic E-state index is -3.39. The summed E-state index contributed by atoms with van der Waals surface area (Å²) in [4.78, 5) is 4.30. The summed E-state index contributed by atoms with van der Waals surface area (Å²) >= 11 is 0. The van der Waals surface area contributed by atoms with Crippen molar-refractivity contribution in [3.05, 3.63) is 77.9 Å². The molecule has 1 aliphatic heterocycles. The smallest absolute Gasteiger partial charge is 0.176 e. The van der Waals surface area contributed by atoms with E-state index < -0.39 is 21.5 Å². The molecule has 1 aliphatic rings. The average molecular weight is 429 g/mol. The fourth-order valence-electron chi connectivity index (χ4n) is 3.90. The Kier molecular flexibility index (Phi) is 5.34. The van der Waals surface area contributed by atoms with Crippen molar-refractivity contribution < 1.29 is 17.2 Å². The molecule has 0 saturated heterocycles. The molecule has 0 atom stereocenters. The van der Waals surface area contributed by atoms with Gasteiger partial charge in [-0.3, -0.25) is 0 Å². The van der Waals surface area contributed by atoms with Crippen LogP contribution in [0.5, 0.6) is 0 Å². The maximum Gasteiger partial charge on any atom is 0.176 e. The molecular formula is C23H22F2N2O2S. The summed E-state index contributed by atoms with van der Waals surface area (Å²) in [5.74, 6) is -1.24. The third-order valence-corrected chi connectivity index (χ3v) is 6.43. The van der Waals surface area contributed by atoms with Gasteiger partial charge in [-0.15, -0.1) is 0 Å². The number of hydrogen-bond acceptors (Lipinski definition) is 4. The summed E-state index contributed by atoms with van der Waals surface area (Å²) in [6.07, 6.45) is 1.20. The highest BCUT2D eigenvalue weighted by molar-refractivity contribution is 7.90. The Morgan fingerprint density at radius 3 is 2.30 bits per heavy atom. The second-order valence-corrected chi connectivity index (χ2v) is 9.61. The average Bonchev–Trinajstić information content (AvgIpc) is 2.84. The van der Waals surface area contributed by atoms with Crippen LogP contribution in [0.3, 0.4) is 0 Å². The van der Waals surface area contributed by atoms with Crippen LogP contribution in [0.4, 0.5) is 20.2 Å². The molecule has 0 unspecified atom stereocenters. The first kappa shape index (κ1) is 20.5. The lowest BCUT2D eigenvalue weighted by Gasteiger charge is -2.25. The molecule has 0 radical (unpaired) electrons. The number of sulfone groups is 1. The normalized spacial score (nSPS) is 15.0. The highest BCUT2D eigenvalue weighted by Gasteiger charge is 2.22. The second-order valence-electron chi connectivity index (χ2n) is 7.63. The predicted molar refractivity (Wildman–Crippen MR) is 115 cm³/mol. The van der Waals surface area contributed by atoms with Crippen molar-refractivity contribution in [2.75, 3.05) is 31.3 Å². The molecule has 3 aromatic rings. The van der Waals surface area contributed by atoms with Crippen LogP contribution >= 0.6 is 0 Å². The summed E-state index contributed by atoms with van der Waals surface area (Å²) in [5, 5.41) is 0. The number of fused-ring (bicyclic) bond motifs is 1. The standard InChI is InChI=1S/C23H22F2N2O2S/c1-26-9-10-27(20-13-18(24)12-19(25)14-20)22-8-7-16(11-17(22)15-26)21-5-3-4-6-23(21)30(2,28)29/h3-8,11-14H,9-10,15H2,1-2H3. The van der Waals surface area contributed by atoms with Crippen LogP contribution in [-0.2, 0) is 16.4 Å². The van der Waals surface area contributed by atoms with E-state index in [0.29, 0.717) is 30.9 Å². The van der Waals surface area contributed by atoms with Crippen molar-refractivity contribution in [1.82, 2.24) is 4.90 Å². The predicted octanol–water partition coefficient (Wildman–Crippen LogP) is 4.62. The maximum absolute atomic E-state index is 13.8. The molecule has 0 bridgehead atoms. The summed E-state index contributed by atoms with van der Waals surface area (Å²) in [6, 6.07) is 16.1. The topological polar surface area (TPSA) is 40.6 Å². The summed E-state index contributed by atoms with van der Waals surface area (Å²) in [6.45, 7) is 1.92. The molecule has 0 spiro atoms. The first-order chi connectivity index (χ1) is 14.2. The molecule has 0 amide bonds. The van der Waals surface area contributed by atoms with Crippen molar-refractivity contribution in [2.45, 2.75) is 11.4 Å². The van der Waals surface area contributed by atoms with Gasteiger partial charge >= 0.3 is 0 Å². The molecule has 0 N–H and O–H groups in total. The largest absolute Gasteiger partial charge is 0.340 e. The maximum atomic E-state index is 13.8. The number of halogens is 2. The van der Waals surface area contributed by atoms with Crippen molar-refractivity contribution in [2.24, 2.45) is 0 Å². The van der Waals surface area contributed by atoms with Gasteiger partial charge in [0.25, 0.3) is 0 Å². The first-order valence-electron chi connectivity index (χ1n) is 9.57. The van der Waals surface area contributed by atoms with Gasteiger partial charge in [0, 0.05) is 48.9 Å². The minimum absolute atomic E-state index is 0.274. The Bertz CT molecular complexity index is 1190. The Labute approximate surface area is 175 Å². The van der Waals surface area contributed by atoms with Crippen molar-refractivity contribution in [1.29, 1.82) is 0 Å². The lowest BCUT2D eigenvalue weighted by molar-refractivity contribution is 0.343. The van der Waals surface area contributed by atoms with E-state index in [1.807, 2.05) is 36.2 Å². The van der Waals surface area contributed by atoms with E-state index in [1.54, 1.807) is 18.2 Å². The zero-order valence-electron chi connectivity index (χ0n) is 16.8. The molecule has 0 fully saturated rings. The van der Waals surface area contributed by atoms with Crippen LogP contribution in [-0.4, -0.2) is 39.7 Å². The number of anilines is 2. The molecule has 7 heteroatoms. The fraction of sp³-hybridized carbons (Fsp3) is 0.217. The first-order valence-corrected chi connectivity index (χ1v) is 11.5. The van der Waals surface area contributed by atoms with Gasteiger partial charge in [-0.25, -0.2) is 17.2 Å². The Balaban J connectivity index is 1.85. The van der Waals surface area contributed by atoms with Crippen LogP contribution < -0.4 is 4.90 Å². The number of benzene rings is 3. The van der Waals surface area contributed by atoms with Crippen molar-refractivity contribution >= 4 is 21.2 Å². The van der Waals surface area contributed by atoms with Crippen LogP contribution in [0.1, 0.15) is 5.56 Å². The van der Waals surface area contributed by atoms with Crippen molar-refractivity contribution in [3.63, 3.8) is 0 Å². The molecular weight excluding hydrogens is 406 g/mol. The third kappa shape index (κ3) is 4.08. The Morgan fingerprint density at radius 2 is 1.60 bits per heavy atom. The van der Waals surface area contributed by atoms with E-state index in [2.05, 4.69) is 4.90 Å². The van der Waals surface area contributed by atoms with Gasteiger partial charge in [0.15, 0.2) is 9.84 Å². The van der Waals surface area contributed by atoms with Gasteiger partial charge in [0.2, 0.25) is 0 Å². The van der Waals surface area contributed by atoms with Gasteiger partial charge < -0.3 is 9.80 Å². The number of likely N-dealkylation sites (N-methyl/N-ethyl adjacent to an activating group) is 1. The molecule has 4 rings (SSSR count). The summed E-state index contributed by atoms with van der Waals surface area (Å²) in [7, 11) is -1.41. The lowest BCUT2D eigenvalue weighted by atomic mass is 10.0. The molecule has 30 heavy (non-hydrogen) atoms. The number of rotatable bonds is 3. The number of hydrogen-bond donors (Lipinski definition) is 0. The molecule has 0 aromatic heterocycles. The molecule has 4 nitrogen and oxygen atoms in total. The van der Waals surface area contributed by atoms with Crippen LogP contribution in [0.2, 0.25) is 0 Å². The second kappa shape index (κ2) is 7.81. The Morgan fingerprint density at radius 1 is 0.900 bits per heavy atom. The van der Waals surface area contributed by atoms with E-state index in [4.69, 9.17) is 0 Å². The molecule has 3 aromatic carbocycles. The van der Waals surface area contributed by atoms with E-state index >= 15 is 0 Å².